The van der Waals surface area contributed by atoms with Gasteiger partial charge in [-0.25, -0.2) is 0 Å². The molecule has 1 aliphatic carbocycles. The Labute approximate surface area is 199 Å². The summed E-state index contributed by atoms with van der Waals surface area (Å²) < 4.78 is 8.54. The summed E-state index contributed by atoms with van der Waals surface area (Å²) in [7, 11) is 0. The van der Waals surface area contributed by atoms with Gasteiger partial charge in [0.15, 0.2) is 0 Å². The van der Waals surface area contributed by atoms with Gasteiger partial charge in [0.2, 0.25) is 0 Å². The molecule has 0 amide bonds. The second-order valence-electron chi connectivity index (χ2n) is 8.29. The Morgan fingerprint density at radius 1 is 0.897 bits per heavy atom. The van der Waals surface area contributed by atoms with E-state index in [1.165, 1.54) is 73.8 Å². The van der Waals surface area contributed by atoms with Gasteiger partial charge in [-0.3, -0.25) is 0 Å². The van der Waals surface area contributed by atoms with Gasteiger partial charge < -0.3 is 0 Å². The molecular formula is C24H41Cl2OSiTi. The van der Waals surface area contributed by atoms with Gasteiger partial charge in [-0.2, -0.15) is 0 Å². The van der Waals surface area contributed by atoms with E-state index < -0.39 is 24.2 Å². The third-order valence-electron chi connectivity index (χ3n) is 5.38. The first-order chi connectivity index (χ1) is 13.0. The normalized spacial score (nSPS) is 12.8. The minimum absolute atomic E-state index is 0. The van der Waals surface area contributed by atoms with Crippen molar-refractivity contribution in [1.29, 1.82) is 0 Å². The van der Waals surface area contributed by atoms with Crippen LogP contribution in [-0.4, -0.2) is 6.66 Å². The molecule has 0 N–H and O–H groups in total. The molecule has 0 heterocycles. The maximum atomic E-state index is 6.85. The number of allylic oxidation sites excluding steroid dienone is 4. The summed E-state index contributed by atoms with van der Waals surface area (Å²) in [4.78, 5) is 0. The molecule has 2 rings (SSSR count). The van der Waals surface area contributed by atoms with E-state index in [4.69, 9.17) is 3.32 Å². The Bertz CT molecular complexity index is 630. The number of aryl methyl sites for hydroxylation is 2. The van der Waals surface area contributed by atoms with Gasteiger partial charge in [0.1, 0.15) is 0 Å². The summed E-state index contributed by atoms with van der Waals surface area (Å²) >= 11 is -1.62. The molecule has 0 saturated carbocycles. The zero-order valence-electron chi connectivity index (χ0n) is 19.1. The fourth-order valence-corrected chi connectivity index (χ4v) is 13.1. The van der Waals surface area contributed by atoms with Crippen molar-refractivity contribution in [2.45, 2.75) is 91.7 Å². The zero-order chi connectivity index (χ0) is 19.6. The molecule has 1 aliphatic rings. The SMILES string of the molecule is CCCCCc1cc(CCCCC)cc([O][Ti]([C]2=C(C)C=CC2)[SiH](C)C)c1.Cl.Cl. The van der Waals surface area contributed by atoms with Crippen LogP contribution in [0.1, 0.15) is 76.8 Å². The average molecular weight is 492 g/mol. The fraction of sp³-hybridized carbons (Fsp3) is 0.583. The summed E-state index contributed by atoms with van der Waals surface area (Å²) in [6, 6.07) is 7.17. The van der Waals surface area contributed by atoms with Gasteiger partial charge in [-0.15, -0.1) is 24.8 Å². The maximum Gasteiger partial charge on any atom is -0.147 e. The van der Waals surface area contributed by atoms with Gasteiger partial charge in [-0.1, -0.05) is 0 Å². The molecule has 0 bridgehead atoms. The average Bonchev–Trinajstić information content (AvgIpc) is 3.05. The van der Waals surface area contributed by atoms with E-state index in [0.29, 0.717) is 0 Å². The van der Waals surface area contributed by atoms with Crippen LogP contribution in [0.2, 0.25) is 13.1 Å². The van der Waals surface area contributed by atoms with Crippen molar-refractivity contribution in [1.82, 2.24) is 0 Å². The first-order valence-corrected chi connectivity index (χ1v) is 18.1. The Morgan fingerprint density at radius 3 is 1.86 bits per heavy atom. The van der Waals surface area contributed by atoms with Crippen LogP contribution in [0.4, 0.5) is 0 Å². The van der Waals surface area contributed by atoms with Crippen molar-refractivity contribution >= 4 is 31.5 Å². The summed E-state index contributed by atoms with van der Waals surface area (Å²) in [6.45, 7) is 11.0. The van der Waals surface area contributed by atoms with E-state index in [-0.39, 0.29) is 24.8 Å². The number of rotatable bonds is 12. The second kappa shape index (κ2) is 15.8. The van der Waals surface area contributed by atoms with Crippen LogP contribution in [0.25, 0.3) is 0 Å². The van der Waals surface area contributed by atoms with Crippen LogP contribution < -0.4 is 3.32 Å². The number of unbranched alkanes of at least 4 members (excludes halogenated alkanes) is 4. The van der Waals surface area contributed by atoms with Crippen molar-refractivity contribution in [2.75, 3.05) is 0 Å². The largest absolute Gasteiger partial charge is 0.147 e. The molecule has 0 unspecified atom stereocenters. The number of halogens is 2. The Hall–Kier alpha value is 0.0112. The maximum absolute atomic E-state index is 6.85. The first kappa shape index (κ1) is 29.0. The van der Waals surface area contributed by atoms with E-state index in [2.05, 4.69) is 64.2 Å². The monoisotopic (exact) mass is 491 g/mol. The quantitative estimate of drug-likeness (QED) is 0.212. The Kier molecular flexibility index (Phi) is 15.8. The van der Waals surface area contributed by atoms with E-state index in [9.17, 15) is 0 Å². The van der Waals surface area contributed by atoms with Crippen LogP contribution >= 0.6 is 24.8 Å². The van der Waals surface area contributed by atoms with Crippen molar-refractivity contribution in [3.8, 4) is 5.75 Å². The summed E-state index contributed by atoms with van der Waals surface area (Å²) in [5.74, 6) is 1.18. The standard InChI is InChI=1S/C16H26O.C6H7.C2H7Si.2ClH.Ti/c1-3-5-7-9-14-11-15(10-8-6-4-2)13-16(17)12-14;1-6-4-2-3-5-6;1-3-2;;;/h11-13,17H,3-10H2,1-2H3;2,4H,3H2,1H3;3H,1-2H3;2*1H;/q;;;;;+1/p-1. The predicted molar refractivity (Wildman–Crippen MR) is 133 cm³/mol. The summed E-state index contributed by atoms with van der Waals surface area (Å²) in [5.41, 5.74) is 4.48. The van der Waals surface area contributed by atoms with Crippen LogP contribution in [0.5, 0.6) is 5.75 Å². The number of hydrogen-bond acceptors (Lipinski definition) is 1. The Balaban J connectivity index is 0.00000392. The molecule has 1 aromatic carbocycles. The van der Waals surface area contributed by atoms with Crippen LogP contribution in [0.15, 0.2) is 39.8 Å². The zero-order valence-corrected chi connectivity index (χ0v) is 23.4. The molecule has 0 radical (unpaired) electrons. The molecule has 0 atom stereocenters. The van der Waals surface area contributed by atoms with Crippen molar-refractivity contribution in [2.24, 2.45) is 0 Å². The van der Waals surface area contributed by atoms with E-state index in [1.807, 2.05) is 0 Å². The molecular weight excluding hydrogens is 451 g/mol. The first-order valence-electron chi connectivity index (χ1n) is 11.1. The number of hydrogen-bond donors (Lipinski definition) is 0. The van der Waals surface area contributed by atoms with E-state index in [1.54, 1.807) is 3.88 Å². The molecule has 1 nitrogen and oxygen atoms in total. The van der Waals surface area contributed by atoms with Crippen molar-refractivity contribution < 1.29 is 20.8 Å². The molecule has 165 valence electrons. The minimum Gasteiger partial charge on any atom is -0.147 e. The molecule has 0 saturated heterocycles. The summed E-state index contributed by atoms with van der Waals surface area (Å²) in [6.07, 6.45) is 16.0. The van der Waals surface area contributed by atoms with Crippen LogP contribution in [0.3, 0.4) is 0 Å². The van der Waals surface area contributed by atoms with E-state index >= 15 is 0 Å². The van der Waals surface area contributed by atoms with Gasteiger partial charge in [-0.05, 0) is 0 Å². The minimum atomic E-state index is -1.62. The molecule has 0 fully saturated rings. The Morgan fingerprint density at radius 2 is 1.45 bits per heavy atom. The molecule has 0 aliphatic heterocycles. The molecule has 0 aromatic heterocycles. The molecule has 0 spiro atoms. The molecule has 1 aromatic rings. The molecule has 29 heavy (non-hydrogen) atoms. The smallest absolute Gasteiger partial charge is 0.147 e. The van der Waals surface area contributed by atoms with Gasteiger partial charge in [0.05, 0.1) is 0 Å². The number of benzene rings is 1. The predicted octanol–water partition coefficient (Wildman–Crippen LogP) is 8.12. The third-order valence-corrected chi connectivity index (χ3v) is 15.8. The topological polar surface area (TPSA) is 9.23 Å². The van der Waals surface area contributed by atoms with Gasteiger partial charge in [0, 0.05) is 0 Å². The van der Waals surface area contributed by atoms with Gasteiger partial charge in [0.25, 0.3) is 0 Å². The molecule has 5 heteroatoms. The van der Waals surface area contributed by atoms with Crippen molar-refractivity contribution in [3.63, 3.8) is 0 Å². The summed E-state index contributed by atoms with van der Waals surface area (Å²) in [5, 5.41) is 0. The fourth-order valence-electron chi connectivity index (χ4n) is 3.80. The third kappa shape index (κ3) is 9.78. The van der Waals surface area contributed by atoms with Crippen LogP contribution in [-0.2, 0) is 30.4 Å². The van der Waals surface area contributed by atoms with Crippen LogP contribution in [0, 0.1) is 0 Å². The van der Waals surface area contributed by atoms with Gasteiger partial charge >= 0.3 is 176 Å². The second-order valence-corrected chi connectivity index (χ2v) is 20.6. The van der Waals surface area contributed by atoms with Crippen molar-refractivity contribution in [3.05, 3.63) is 50.9 Å². The van der Waals surface area contributed by atoms with E-state index in [0.717, 1.165) is 6.42 Å².